The van der Waals surface area contributed by atoms with Crippen LogP contribution in [-0.4, -0.2) is 11.3 Å². The fourth-order valence-corrected chi connectivity index (χ4v) is 3.12. The highest BCUT2D eigenvalue weighted by molar-refractivity contribution is 7.99. The number of nitrogens with zero attached hydrogens (tertiary/aromatic N) is 2. The molecule has 0 amide bonds. The van der Waals surface area contributed by atoms with Crippen LogP contribution in [0.1, 0.15) is 15.9 Å². The van der Waals surface area contributed by atoms with Crippen molar-refractivity contribution >= 4 is 18.0 Å². The summed E-state index contributed by atoms with van der Waals surface area (Å²) in [4.78, 5) is 16.6. The van der Waals surface area contributed by atoms with Crippen molar-refractivity contribution in [1.29, 1.82) is 5.26 Å². The van der Waals surface area contributed by atoms with Crippen molar-refractivity contribution in [1.82, 2.24) is 4.98 Å². The zero-order valence-electron chi connectivity index (χ0n) is 12.4. The molecule has 0 aliphatic carbocycles. The standard InChI is InChI=1S/C19H11FN2OS/c20-18-14(12-23)8-9-22-19(18)13-6-7-17(15(10-13)11-21)24-16-4-2-1-3-5-16/h1-10,12H. The molecule has 0 spiro atoms. The molecule has 0 unspecified atom stereocenters. The lowest BCUT2D eigenvalue weighted by Gasteiger charge is -2.08. The number of halogens is 1. The highest BCUT2D eigenvalue weighted by Crippen LogP contribution is 2.33. The number of pyridine rings is 1. The highest BCUT2D eigenvalue weighted by Gasteiger charge is 2.13. The molecule has 0 N–H and O–H groups in total. The smallest absolute Gasteiger partial charge is 0.159 e. The summed E-state index contributed by atoms with van der Waals surface area (Å²) in [6.45, 7) is 0. The van der Waals surface area contributed by atoms with Crippen molar-refractivity contribution in [3.8, 4) is 17.3 Å². The molecule has 0 aliphatic heterocycles. The van der Waals surface area contributed by atoms with Crippen molar-refractivity contribution < 1.29 is 9.18 Å². The van der Waals surface area contributed by atoms with Crippen LogP contribution >= 0.6 is 11.8 Å². The average Bonchev–Trinajstić information content (AvgIpc) is 2.63. The lowest BCUT2D eigenvalue weighted by atomic mass is 10.1. The first kappa shape index (κ1) is 15.9. The van der Waals surface area contributed by atoms with Crippen LogP contribution < -0.4 is 0 Å². The number of nitriles is 1. The molecule has 0 saturated carbocycles. The van der Waals surface area contributed by atoms with E-state index in [1.165, 1.54) is 24.0 Å². The predicted molar refractivity (Wildman–Crippen MR) is 90.3 cm³/mol. The summed E-state index contributed by atoms with van der Waals surface area (Å²) < 4.78 is 14.3. The summed E-state index contributed by atoms with van der Waals surface area (Å²) >= 11 is 1.46. The number of rotatable bonds is 4. The van der Waals surface area contributed by atoms with Crippen molar-refractivity contribution in [2.45, 2.75) is 9.79 Å². The Bertz CT molecular complexity index is 936. The van der Waals surface area contributed by atoms with Crippen molar-refractivity contribution in [3.05, 3.63) is 77.7 Å². The van der Waals surface area contributed by atoms with Crippen LogP contribution in [0.5, 0.6) is 0 Å². The van der Waals surface area contributed by atoms with Crippen LogP contribution in [0.3, 0.4) is 0 Å². The number of hydrogen-bond donors (Lipinski definition) is 0. The van der Waals surface area contributed by atoms with Gasteiger partial charge in [-0.3, -0.25) is 9.78 Å². The van der Waals surface area contributed by atoms with Gasteiger partial charge in [-0.15, -0.1) is 0 Å². The number of aromatic nitrogens is 1. The topological polar surface area (TPSA) is 53.8 Å². The van der Waals surface area contributed by atoms with E-state index < -0.39 is 5.82 Å². The van der Waals surface area contributed by atoms with E-state index in [0.717, 1.165) is 9.79 Å². The Morgan fingerprint density at radius 3 is 2.62 bits per heavy atom. The van der Waals surface area contributed by atoms with Gasteiger partial charge >= 0.3 is 0 Å². The minimum atomic E-state index is -0.681. The molecule has 0 radical (unpaired) electrons. The Morgan fingerprint density at radius 1 is 1.12 bits per heavy atom. The first-order valence-corrected chi connectivity index (χ1v) is 7.91. The Balaban J connectivity index is 2.01. The molecular formula is C19H11FN2OS. The minimum Gasteiger partial charge on any atom is -0.298 e. The van der Waals surface area contributed by atoms with E-state index >= 15 is 0 Å². The van der Waals surface area contributed by atoms with Crippen molar-refractivity contribution in [3.63, 3.8) is 0 Å². The normalized spacial score (nSPS) is 10.2. The third kappa shape index (κ3) is 3.19. The second-order valence-electron chi connectivity index (χ2n) is 4.92. The summed E-state index contributed by atoms with van der Waals surface area (Å²) in [6.07, 6.45) is 1.83. The Hall–Kier alpha value is -2.97. The fraction of sp³-hybridized carbons (Fsp3) is 0. The summed E-state index contributed by atoms with van der Waals surface area (Å²) in [7, 11) is 0. The average molecular weight is 334 g/mol. The molecule has 0 atom stereocenters. The molecule has 0 aliphatic rings. The monoisotopic (exact) mass is 334 g/mol. The zero-order chi connectivity index (χ0) is 16.9. The number of hydrogen-bond acceptors (Lipinski definition) is 4. The first-order chi connectivity index (χ1) is 11.7. The molecule has 1 heterocycles. The van der Waals surface area contributed by atoms with Gasteiger partial charge in [-0.2, -0.15) is 5.26 Å². The van der Waals surface area contributed by atoms with Crippen LogP contribution in [0.2, 0.25) is 0 Å². The van der Waals surface area contributed by atoms with Crippen LogP contribution in [0.15, 0.2) is 70.6 Å². The third-order valence-corrected chi connectivity index (χ3v) is 4.47. The SMILES string of the molecule is N#Cc1cc(-c2nccc(C=O)c2F)ccc1Sc1ccccc1. The molecule has 0 fully saturated rings. The molecule has 116 valence electrons. The lowest BCUT2D eigenvalue weighted by Crippen LogP contribution is -1.95. The maximum absolute atomic E-state index is 14.3. The van der Waals surface area contributed by atoms with E-state index in [0.29, 0.717) is 17.4 Å². The Morgan fingerprint density at radius 2 is 1.92 bits per heavy atom. The van der Waals surface area contributed by atoms with Crippen molar-refractivity contribution in [2.75, 3.05) is 0 Å². The van der Waals surface area contributed by atoms with E-state index in [4.69, 9.17) is 0 Å². The molecule has 0 saturated heterocycles. The molecule has 3 aromatic rings. The van der Waals surface area contributed by atoms with Gasteiger partial charge in [0.15, 0.2) is 12.1 Å². The van der Waals surface area contributed by atoms with Gasteiger partial charge in [-0.05, 0) is 30.3 Å². The predicted octanol–water partition coefficient (Wildman–Crippen LogP) is 4.72. The van der Waals surface area contributed by atoms with Gasteiger partial charge in [-0.25, -0.2) is 4.39 Å². The van der Waals surface area contributed by atoms with E-state index in [1.807, 2.05) is 30.3 Å². The number of aldehydes is 1. The van der Waals surface area contributed by atoms with Gasteiger partial charge in [0.2, 0.25) is 0 Å². The van der Waals surface area contributed by atoms with Crippen LogP contribution in [-0.2, 0) is 0 Å². The summed E-state index contributed by atoms with van der Waals surface area (Å²) in [5, 5.41) is 9.40. The van der Waals surface area contributed by atoms with Gasteiger partial charge in [0.1, 0.15) is 11.8 Å². The van der Waals surface area contributed by atoms with Crippen LogP contribution in [0, 0.1) is 17.1 Å². The van der Waals surface area contributed by atoms with Gasteiger partial charge in [-0.1, -0.05) is 36.0 Å². The lowest BCUT2D eigenvalue weighted by molar-refractivity contribution is 0.111. The van der Waals surface area contributed by atoms with Crippen LogP contribution in [0.4, 0.5) is 4.39 Å². The molecule has 3 rings (SSSR count). The summed E-state index contributed by atoms with van der Waals surface area (Å²) in [5.74, 6) is -0.681. The minimum absolute atomic E-state index is 0.0544. The van der Waals surface area contributed by atoms with Crippen LogP contribution in [0.25, 0.3) is 11.3 Å². The van der Waals surface area contributed by atoms with E-state index in [-0.39, 0.29) is 11.3 Å². The van der Waals surface area contributed by atoms with Gasteiger partial charge < -0.3 is 0 Å². The van der Waals surface area contributed by atoms with Gasteiger partial charge in [0.25, 0.3) is 0 Å². The summed E-state index contributed by atoms with van der Waals surface area (Å²) in [6, 6.07) is 18.2. The number of carbonyl (C=O) groups excluding carboxylic acids is 1. The zero-order valence-corrected chi connectivity index (χ0v) is 13.3. The quantitative estimate of drug-likeness (QED) is 0.648. The van der Waals surface area contributed by atoms with E-state index in [2.05, 4.69) is 11.1 Å². The molecular weight excluding hydrogens is 323 g/mol. The van der Waals surface area contributed by atoms with Crippen molar-refractivity contribution in [2.24, 2.45) is 0 Å². The maximum atomic E-state index is 14.3. The second-order valence-corrected chi connectivity index (χ2v) is 6.03. The summed E-state index contributed by atoms with van der Waals surface area (Å²) in [5.41, 5.74) is 0.901. The molecule has 24 heavy (non-hydrogen) atoms. The van der Waals surface area contributed by atoms with Gasteiger partial charge in [0, 0.05) is 21.6 Å². The maximum Gasteiger partial charge on any atom is 0.159 e. The molecule has 0 bridgehead atoms. The van der Waals surface area contributed by atoms with E-state index in [9.17, 15) is 14.4 Å². The highest BCUT2D eigenvalue weighted by atomic mass is 32.2. The molecule has 3 nitrogen and oxygen atoms in total. The molecule has 2 aromatic carbocycles. The Kier molecular flexibility index (Phi) is 4.69. The van der Waals surface area contributed by atoms with E-state index in [1.54, 1.807) is 18.2 Å². The number of benzene rings is 2. The molecule has 1 aromatic heterocycles. The third-order valence-electron chi connectivity index (χ3n) is 3.39. The van der Waals surface area contributed by atoms with Gasteiger partial charge in [0.05, 0.1) is 11.1 Å². The largest absolute Gasteiger partial charge is 0.298 e. The second kappa shape index (κ2) is 7.07. The molecule has 5 heteroatoms. The first-order valence-electron chi connectivity index (χ1n) is 7.10. The number of carbonyl (C=O) groups is 1. The fourth-order valence-electron chi connectivity index (χ4n) is 2.22. The Labute approximate surface area is 142 Å².